The lowest BCUT2D eigenvalue weighted by Gasteiger charge is -2.03. The number of rotatable bonds is 3. The first-order chi connectivity index (χ1) is 6.65. The van der Waals surface area contributed by atoms with Crippen molar-refractivity contribution in [1.29, 1.82) is 0 Å². The molecule has 0 spiro atoms. The number of aliphatic hydroxyl groups excluding tert-OH is 1. The van der Waals surface area contributed by atoms with Gasteiger partial charge in [0.25, 0.3) is 0 Å². The number of aliphatic hydroxyl groups is 1. The molecule has 1 rings (SSSR count). The molecule has 0 aliphatic carbocycles. The van der Waals surface area contributed by atoms with Crippen LogP contribution in [0.4, 0.5) is 5.69 Å². The minimum absolute atomic E-state index is 0.112. The molecule has 0 aliphatic heterocycles. The van der Waals surface area contributed by atoms with E-state index in [1.165, 1.54) is 0 Å². The molecule has 1 aromatic rings. The monoisotopic (exact) mass is 231 g/mol. The SMILES string of the molecule is Nc1cc(Cl)c(C=CCCO)c(Cl)c1. The highest BCUT2D eigenvalue weighted by Gasteiger charge is 2.03. The summed E-state index contributed by atoms with van der Waals surface area (Å²) in [6, 6.07) is 3.29. The second kappa shape index (κ2) is 5.25. The van der Waals surface area contributed by atoms with E-state index in [1.807, 2.05) is 6.08 Å². The average molecular weight is 232 g/mol. The largest absolute Gasteiger partial charge is 0.399 e. The molecule has 0 heterocycles. The molecule has 0 unspecified atom stereocenters. The number of anilines is 1. The molecule has 0 radical (unpaired) electrons. The van der Waals surface area contributed by atoms with Gasteiger partial charge in [-0.15, -0.1) is 0 Å². The fourth-order valence-corrected chi connectivity index (χ4v) is 1.67. The molecule has 1 aromatic carbocycles. The zero-order valence-electron chi connectivity index (χ0n) is 7.50. The van der Waals surface area contributed by atoms with Gasteiger partial charge in [0.2, 0.25) is 0 Å². The second-order valence-corrected chi connectivity index (χ2v) is 3.63. The van der Waals surface area contributed by atoms with Crippen LogP contribution in [0.5, 0.6) is 0 Å². The summed E-state index contributed by atoms with van der Waals surface area (Å²) in [5.74, 6) is 0. The van der Waals surface area contributed by atoms with Gasteiger partial charge in [0.1, 0.15) is 0 Å². The Bertz CT molecular complexity index is 327. The summed E-state index contributed by atoms with van der Waals surface area (Å²) in [5.41, 5.74) is 6.82. The van der Waals surface area contributed by atoms with E-state index in [4.69, 9.17) is 34.0 Å². The van der Waals surface area contributed by atoms with Crippen molar-refractivity contribution in [3.63, 3.8) is 0 Å². The van der Waals surface area contributed by atoms with Crippen molar-refractivity contribution < 1.29 is 5.11 Å². The minimum Gasteiger partial charge on any atom is -0.399 e. The summed E-state index contributed by atoms with van der Waals surface area (Å²) in [5, 5.41) is 9.63. The molecule has 0 fully saturated rings. The Hall–Kier alpha value is -0.700. The smallest absolute Gasteiger partial charge is 0.0513 e. The van der Waals surface area contributed by atoms with Crippen molar-refractivity contribution in [2.24, 2.45) is 0 Å². The third-order valence-corrected chi connectivity index (χ3v) is 2.31. The van der Waals surface area contributed by atoms with Gasteiger partial charge in [-0.25, -0.2) is 0 Å². The number of nitrogens with two attached hydrogens (primary N) is 1. The van der Waals surface area contributed by atoms with Crippen LogP contribution in [0.2, 0.25) is 10.0 Å². The minimum atomic E-state index is 0.112. The van der Waals surface area contributed by atoms with Crippen LogP contribution in [0.15, 0.2) is 18.2 Å². The van der Waals surface area contributed by atoms with Gasteiger partial charge >= 0.3 is 0 Å². The first kappa shape index (κ1) is 11.4. The summed E-state index contributed by atoms with van der Waals surface area (Å²) < 4.78 is 0. The summed E-state index contributed by atoms with van der Waals surface area (Å²) in [6.07, 6.45) is 4.17. The molecule has 0 saturated heterocycles. The van der Waals surface area contributed by atoms with Crippen LogP contribution in [0.3, 0.4) is 0 Å². The fourth-order valence-electron chi connectivity index (χ4n) is 1.04. The van der Waals surface area contributed by atoms with Gasteiger partial charge in [0.15, 0.2) is 0 Å². The third-order valence-electron chi connectivity index (χ3n) is 1.68. The van der Waals surface area contributed by atoms with Gasteiger partial charge in [0, 0.05) is 17.9 Å². The Balaban J connectivity index is 2.96. The fraction of sp³-hybridized carbons (Fsp3) is 0.200. The maximum absolute atomic E-state index is 8.59. The van der Waals surface area contributed by atoms with Gasteiger partial charge < -0.3 is 10.8 Å². The van der Waals surface area contributed by atoms with E-state index in [2.05, 4.69) is 0 Å². The summed E-state index contributed by atoms with van der Waals surface area (Å²) >= 11 is 11.9. The van der Waals surface area contributed by atoms with E-state index in [9.17, 15) is 0 Å². The van der Waals surface area contributed by atoms with E-state index in [1.54, 1.807) is 18.2 Å². The van der Waals surface area contributed by atoms with Crippen LogP contribution >= 0.6 is 23.2 Å². The number of hydrogen-bond donors (Lipinski definition) is 2. The standard InChI is InChI=1S/C10H11Cl2NO/c11-9-5-7(13)6-10(12)8(9)3-1-2-4-14/h1,3,5-6,14H,2,4,13H2. The molecule has 0 amide bonds. The normalized spacial score (nSPS) is 11.1. The Labute approximate surface area is 92.9 Å². The first-order valence-electron chi connectivity index (χ1n) is 4.17. The molecule has 0 bridgehead atoms. The van der Waals surface area contributed by atoms with E-state index < -0.39 is 0 Å². The van der Waals surface area contributed by atoms with E-state index in [0.717, 1.165) is 5.56 Å². The molecule has 0 aliphatic rings. The number of nitrogen functional groups attached to an aromatic ring is 1. The second-order valence-electron chi connectivity index (χ2n) is 2.81. The third kappa shape index (κ3) is 2.91. The molecule has 0 atom stereocenters. The van der Waals surface area contributed by atoms with Crippen molar-refractivity contribution >= 4 is 35.0 Å². The number of halogens is 2. The first-order valence-corrected chi connectivity index (χ1v) is 4.92. The van der Waals surface area contributed by atoms with Gasteiger partial charge in [0.05, 0.1) is 10.0 Å². The van der Waals surface area contributed by atoms with Crippen LogP contribution in [0.1, 0.15) is 12.0 Å². The Morgan fingerprint density at radius 1 is 1.29 bits per heavy atom. The van der Waals surface area contributed by atoms with Crippen LogP contribution < -0.4 is 5.73 Å². The molecule has 3 N–H and O–H groups in total. The van der Waals surface area contributed by atoms with E-state index in [0.29, 0.717) is 22.2 Å². The van der Waals surface area contributed by atoms with Crippen LogP contribution in [-0.4, -0.2) is 11.7 Å². The summed E-state index contributed by atoms with van der Waals surface area (Å²) in [4.78, 5) is 0. The van der Waals surface area contributed by atoms with Crippen molar-refractivity contribution in [3.05, 3.63) is 33.8 Å². The molecule has 4 heteroatoms. The Kier molecular flexibility index (Phi) is 4.26. The van der Waals surface area contributed by atoms with Gasteiger partial charge in [-0.05, 0) is 18.6 Å². The molecular weight excluding hydrogens is 221 g/mol. The zero-order chi connectivity index (χ0) is 10.6. The molecule has 0 aromatic heterocycles. The highest BCUT2D eigenvalue weighted by Crippen LogP contribution is 2.28. The van der Waals surface area contributed by atoms with Crippen molar-refractivity contribution in [2.75, 3.05) is 12.3 Å². The molecule has 2 nitrogen and oxygen atoms in total. The van der Waals surface area contributed by atoms with Crippen molar-refractivity contribution in [3.8, 4) is 0 Å². The van der Waals surface area contributed by atoms with Gasteiger partial charge in [-0.3, -0.25) is 0 Å². The van der Waals surface area contributed by atoms with Crippen molar-refractivity contribution in [2.45, 2.75) is 6.42 Å². The molecule has 14 heavy (non-hydrogen) atoms. The van der Waals surface area contributed by atoms with Gasteiger partial charge in [-0.1, -0.05) is 35.4 Å². The van der Waals surface area contributed by atoms with Crippen LogP contribution in [-0.2, 0) is 0 Å². The highest BCUT2D eigenvalue weighted by molar-refractivity contribution is 6.37. The van der Waals surface area contributed by atoms with Crippen LogP contribution in [0, 0.1) is 0 Å². The highest BCUT2D eigenvalue weighted by atomic mass is 35.5. The number of hydrogen-bond acceptors (Lipinski definition) is 2. The van der Waals surface area contributed by atoms with Crippen molar-refractivity contribution in [1.82, 2.24) is 0 Å². The quantitative estimate of drug-likeness (QED) is 0.787. The predicted octanol–water partition coefficient (Wildman–Crippen LogP) is 2.97. The molecular formula is C10H11Cl2NO. The van der Waals surface area contributed by atoms with Gasteiger partial charge in [-0.2, -0.15) is 0 Å². The maximum atomic E-state index is 8.59. The average Bonchev–Trinajstić information content (AvgIpc) is 2.09. The predicted molar refractivity (Wildman–Crippen MR) is 61.6 cm³/mol. The maximum Gasteiger partial charge on any atom is 0.0513 e. The topological polar surface area (TPSA) is 46.2 Å². The van der Waals surface area contributed by atoms with Crippen LogP contribution in [0.25, 0.3) is 6.08 Å². The lowest BCUT2D eigenvalue weighted by Crippen LogP contribution is -1.87. The number of benzene rings is 1. The molecule has 76 valence electrons. The lowest BCUT2D eigenvalue weighted by atomic mass is 10.2. The Morgan fingerprint density at radius 3 is 2.36 bits per heavy atom. The Morgan fingerprint density at radius 2 is 1.86 bits per heavy atom. The lowest BCUT2D eigenvalue weighted by molar-refractivity contribution is 0.303. The summed E-state index contributed by atoms with van der Waals surface area (Å²) in [7, 11) is 0. The zero-order valence-corrected chi connectivity index (χ0v) is 9.02. The molecule has 0 saturated carbocycles. The summed E-state index contributed by atoms with van der Waals surface area (Å²) in [6.45, 7) is 0.112. The van der Waals surface area contributed by atoms with E-state index >= 15 is 0 Å². The van der Waals surface area contributed by atoms with E-state index in [-0.39, 0.29) is 6.61 Å².